The van der Waals surface area contributed by atoms with E-state index in [9.17, 15) is 13.6 Å². The zero-order chi connectivity index (χ0) is 19.7. The van der Waals surface area contributed by atoms with Gasteiger partial charge in [0, 0.05) is 12.5 Å². The summed E-state index contributed by atoms with van der Waals surface area (Å²) in [6, 6.07) is 2.49. The number of fused-ring (bicyclic) bond motifs is 1. The number of amides is 1. The molecule has 2 heterocycles. The van der Waals surface area contributed by atoms with E-state index in [1.165, 1.54) is 30.0 Å². The predicted molar refractivity (Wildman–Crippen MR) is 93.8 cm³/mol. The summed E-state index contributed by atoms with van der Waals surface area (Å²) in [5, 5.41) is 2.52. The summed E-state index contributed by atoms with van der Waals surface area (Å²) in [5.74, 6) is -1.53. The van der Waals surface area contributed by atoms with Gasteiger partial charge < -0.3 is 20.4 Å². The Morgan fingerprint density at radius 2 is 2.11 bits per heavy atom. The van der Waals surface area contributed by atoms with E-state index in [1.807, 2.05) is 0 Å². The minimum absolute atomic E-state index is 0.0500. The Balaban J connectivity index is 1.98. The fourth-order valence-corrected chi connectivity index (χ4v) is 2.62. The normalized spacial score (nSPS) is 12.2. The maximum atomic E-state index is 14.3. The van der Waals surface area contributed by atoms with Crippen molar-refractivity contribution in [3.05, 3.63) is 41.2 Å². The van der Waals surface area contributed by atoms with Gasteiger partial charge in [0.25, 0.3) is 0 Å². The Kier molecular flexibility index (Phi) is 4.89. The molecule has 0 aliphatic heterocycles. The number of hydrogen-bond donors (Lipinski definition) is 2. The lowest BCUT2D eigenvalue weighted by Crippen LogP contribution is -2.35. The van der Waals surface area contributed by atoms with Crippen molar-refractivity contribution >= 4 is 22.9 Å². The van der Waals surface area contributed by atoms with E-state index >= 15 is 0 Å². The highest BCUT2D eigenvalue weighted by atomic mass is 19.1. The molecular formula is C17H18F2N6O2. The highest BCUT2D eigenvalue weighted by Gasteiger charge is 2.17. The lowest BCUT2D eigenvalue weighted by Gasteiger charge is -2.14. The van der Waals surface area contributed by atoms with Gasteiger partial charge in [0.1, 0.15) is 11.6 Å². The average Bonchev–Trinajstić information content (AvgIpc) is 2.98. The summed E-state index contributed by atoms with van der Waals surface area (Å²) in [7, 11) is 0. The SMILES string of the molecule is CC(=O)NC(C)Oc1nc(N)c2ncn(Cc3c(F)ccc(C)c3F)c2n1. The highest BCUT2D eigenvalue weighted by Crippen LogP contribution is 2.23. The number of aryl methyl sites for hydroxylation is 1. The Morgan fingerprint density at radius 3 is 2.81 bits per heavy atom. The number of nitrogens with one attached hydrogen (secondary N) is 1. The number of carbonyl (C=O) groups excluding carboxylic acids is 1. The fraction of sp³-hybridized carbons (Fsp3) is 0.294. The Bertz CT molecular complexity index is 1020. The molecule has 1 atom stereocenters. The first kappa shape index (κ1) is 18.5. The second kappa shape index (κ2) is 7.14. The van der Waals surface area contributed by atoms with Crippen LogP contribution in [0.15, 0.2) is 18.5 Å². The van der Waals surface area contributed by atoms with E-state index in [-0.39, 0.29) is 41.0 Å². The number of benzene rings is 1. The zero-order valence-electron chi connectivity index (χ0n) is 15.0. The molecule has 8 nitrogen and oxygen atoms in total. The molecule has 1 unspecified atom stereocenters. The predicted octanol–water partition coefficient (Wildman–Crippen LogP) is 1.90. The molecule has 1 amide bonds. The molecule has 3 rings (SSSR count). The average molecular weight is 376 g/mol. The first-order valence-electron chi connectivity index (χ1n) is 8.12. The Labute approximate surface area is 153 Å². The number of imidazole rings is 1. The van der Waals surface area contributed by atoms with Crippen LogP contribution in [0.4, 0.5) is 14.6 Å². The summed E-state index contributed by atoms with van der Waals surface area (Å²) in [4.78, 5) is 23.4. The number of aromatic nitrogens is 4. The highest BCUT2D eigenvalue weighted by molar-refractivity contribution is 5.82. The third-order valence-electron chi connectivity index (χ3n) is 3.87. The molecule has 10 heteroatoms. The van der Waals surface area contributed by atoms with Crippen molar-refractivity contribution < 1.29 is 18.3 Å². The number of ether oxygens (including phenoxy) is 1. The van der Waals surface area contributed by atoms with Crippen molar-refractivity contribution in [3.8, 4) is 6.01 Å². The van der Waals surface area contributed by atoms with E-state index < -0.39 is 17.9 Å². The van der Waals surface area contributed by atoms with E-state index in [0.717, 1.165) is 0 Å². The molecule has 0 aliphatic carbocycles. The van der Waals surface area contributed by atoms with E-state index in [2.05, 4.69) is 20.3 Å². The lowest BCUT2D eigenvalue weighted by atomic mass is 10.1. The van der Waals surface area contributed by atoms with Gasteiger partial charge in [0.05, 0.1) is 12.9 Å². The van der Waals surface area contributed by atoms with Crippen LogP contribution < -0.4 is 15.8 Å². The summed E-state index contributed by atoms with van der Waals surface area (Å²) < 4.78 is 35.3. The third kappa shape index (κ3) is 3.78. The molecule has 0 aliphatic rings. The number of halogens is 2. The summed E-state index contributed by atoms with van der Waals surface area (Å²) in [6.07, 6.45) is 0.681. The summed E-state index contributed by atoms with van der Waals surface area (Å²) >= 11 is 0. The minimum atomic E-state index is -0.692. The Morgan fingerprint density at radius 1 is 1.37 bits per heavy atom. The van der Waals surface area contributed by atoms with E-state index in [0.29, 0.717) is 5.56 Å². The second-order valence-corrected chi connectivity index (χ2v) is 6.05. The van der Waals surface area contributed by atoms with Crippen molar-refractivity contribution in [1.82, 2.24) is 24.8 Å². The molecule has 2 aromatic heterocycles. The van der Waals surface area contributed by atoms with Gasteiger partial charge in [0.2, 0.25) is 5.91 Å². The summed E-state index contributed by atoms with van der Waals surface area (Å²) in [6.45, 7) is 4.37. The van der Waals surface area contributed by atoms with Gasteiger partial charge in [-0.2, -0.15) is 9.97 Å². The van der Waals surface area contributed by atoms with Gasteiger partial charge in [-0.25, -0.2) is 13.8 Å². The van der Waals surface area contributed by atoms with Crippen LogP contribution in [-0.2, 0) is 11.3 Å². The number of anilines is 1. The smallest absolute Gasteiger partial charge is 0.322 e. The third-order valence-corrected chi connectivity index (χ3v) is 3.87. The monoisotopic (exact) mass is 376 g/mol. The van der Waals surface area contributed by atoms with Crippen molar-refractivity contribution in [3.63, 3.8) is 0 Å². The van der Waals surface area contributed by atoms with Crippen LogP contribution in [0, 0.1) is 18.6 Å². The Hall–Kier alpha value is -3.30. The number of nitrogen functional groups attached to an aromatic ring is 1. The van der Waals surface area contributed by atoms with Crippen LogP contribution in [0.25, 0.3) is 11.2 Å². The summed E-state index contributed by atoms with van der Waals surface area (Å²) in [5.41, 5.74) is 6.64. The first-order valence-corrected chi connectivity index (χ1v) is 8.12. The molecule has 0 spiro atoms. The zero-order valence-corrected chi connectivity index (χ0v) is 15.0. The van der Waals surface area contributed by atoms with Crippen LogP contribution in [0.1, 0.15) is 25.0 Å². The van der Waals surface area contributed by atoms with E-state index in [4.69, 9.17) is 10.5 Å². The van der Waals surface area contributed by atoms with Gasteiger partial charge in [-0.05, 0) is 25.5 Å². The molecule has 0 bridgehead atoms. The maximum Gasteiger partial charge on any atom is 0.322 e. The maximum absolute atomic E-state index is 14.3. The molecule has 0 radical (unpaired) electrons. The molecule has 1 aromatic carbocycles. The van der Waals surface area contributed by atoms with Crippen LogP contribution in [-0.4, -0.2) is 31.7 Å². The molecular weight excluding hydrogens is 358 g/mol. The quantitative estimate of drug-likeness (QED) is 0.659. The second-order valence-electron chi connectivity index (χ2n) is 6.05. The molecule has 0 saturated carbocycles. The van der Waals surface area contributed by atoms with Crippen molar-refractivity contribution in [2.45, 2.75) is 33.5 Å². The van der Waals surface area contributed by atoms with Crippen LogP contribution in [0.5, 0.6) is 6.01 Å². The number of nitrogens with zero attached hydrogens (tertiary/aromatic N) is 4. The molecule has 27 heavy (non-hydrogen) atoms. The largest absolute Gasteiger partial charge is 0.440 e. The molecule has 3 aromatic rings. The lowest BCUT2D eigenvalue weighted by molar-refractivity contribution is -0.121. The van der Waals surface area contributed by atoms with Gasteiger partial charge in [-0.15, -0.1) is 0 Å². The van der Waals surface area contributed by atoms with Crippen LogP contribution >= 0.6 is 0 Å². The minimum Gasteiger partial charge on any atom is -0.440 e. The molecule has 0 fully saturated rings. The van der Waals surface area contributed by atoms with Gasteiger partial charge in [-0.1, -0.05) is 6.07 Å². The number of carbonyl (C=O) groups is 1. The van der Waals surface area contributed by atoms with Crippen molar-refractivity contribution in [1.29, 1.82) is 0 Å². The van der Waals surface area contributed by atoms with Crippen molar-refractivity contribution in [2.75, 3.05) is 5.73 Å². The molecule has 0 saturated heterocycles. The van der Waals surface area contributed by atoms with E-state index in [1.54, 1.807) is 13.8 Å². The number of nitrogens with two attached hydrogens (primary N) is 1. The topological polar surface area (TPSA) is 108 Å². The number of hydrogen-bond acceptors (Lipinski definition) is 6. The first-order chi connectivity index (χ1) is 12.8. The fourth-order valence-electron chi connectivity index (χ4n) is 2.62. The van der Waals surface area contributed by atoms with Gasteiger partial charge >= 0.3 is 6.01 Å². The molecule has 3 N–H and O–H groups in total. The number of rotatable bonds is 5. The molecule has 142 valence electrons. The van der Waals surface area contributed by atoms with Crippen molar-refractivity contribution in [2.24, 2.45) is 0 Å². The van der Waals surface area contributed by atoms with Gasteiger partial charge in [-0.3, -0.25) is 4.79 Å². The standard InChI is InChI=1S/C17H18F2N6O2/c1-8-4-5-12(18)11(13(8)19)6-25-7-21-14-15(20)23-17(24-16(14)25)27-10(3)22-9(2)26/h4-5,7,10H,6H2,1-3H3,(H,22,26)(H2,20,23,24). The van der Waals surface area contributed by atoms with Gasteiger partial charge in [0.15, 0.2) is 23.2 Å². The van der Waals surface area contributed by atoms with Crippen LogP contribution in [0.3, 0.4) is 0 Å². The van der Waals surface area contributed by atoms with Crippen LogP contribution in [0.2, 0.25) is 0 Å².